The molecule has 2 aliphatic rings. The number of fused-ring (bicyclic) bond motifs is 2. The number of para-hydroxylation sites is 1. The number of amides is 1. The summed E-state index contributed by atoms with van der Waals surface area (Å²) >= 11 is 0. The maximum Gasteiger partial charge on any atom is 0.409 e. The van der Waals surface area contributed by atoms with Crippen molar-refractivity contribution in [2.75, 3.05) is 38.2 Å². The van der Waals surface area contributed by atoms with Gasteiger partial charge in [0.1, 0.15) is 0 Å². The molecule has 2 heterocycles. The number of nitrogens with zero attached hydrogens (tertiary/aromatic N) is 2. The normalized spacial score (nSPS) is 20.1. The van der Waals surface area contributed by atoms with E-state index in [9.17, 15) is 4.79 Å². The van der Waals surface area contributed by atoms with Crippen LogP contribution in [0.25, 0.3) is 0 Å². The van der Waals surface area contributed by atoms with E-state index in [2.05, 4.69) is 36.2 Å². The number of piperidine rings is 1. The van der Waals surface area contributed by atoms with Crippen LogP contribution in [-0.4, -0.2) is 44.3 Å². The van der Waals surface area contributed by atoms with E-state index in [-0.39, 0.29) is 11.5 Å². The summed E-state index contributed by atoms with van der Waals surface area (Å²) in [6.45, 7) is 4.95. The maximum atomic E-state index is 11.8. The van der Waals surface area contributed by atoms with Gasteiger partial charge in [-0.15, -0.1) is 0 Å². The monoisotopic (exact) mass is 274 g/mol. The van der Waals surface area contributed by atoms with Crippen molar-refractivity contribution in [3.8, 4) is 0 Å². The third-order valence-electron chi connectivity index (χ3n) is 4.67. The molecule has 1 amide bonds. The Kier molecular flexibility index (Phi) is 3.32. The molecule has 0 bridgehead atoms. The molecule has 4 nitrogen and oxygen atoms in total. The smallest absolute Gasteiger partial charge is 0.409 e. The van der Waals surface area contributed by atoms with Crippen LogP contribution in [-0.2, 0) is 10.2 Å². The van der Waals surface area contributed by atoms with Crippen LogP contribution in [0, 0.1) is 0 Å². The molecule has 2 aliphatic heterocycles. The van der Waals surface area contributed by atoms with E-state index in [1.807, 2.05) is 11.8 Å². The Morgan fingerprint density at radius 2 is 2.00 bits per heavy atom. The zero-order chi connectivity index (χ0) is 14.2. The number of anilines is 1. The van der Waals surface area contributed by atoms with Gasteiger partial charge in [-0.25, -0.2) is 4.79 Å². The van der Waals surface area contributed by atoms with Crippen molar-refractivity contribution in [3.63, 3.8) is 0 Å². The van der Waals surface area contributed by atoms with Gasteiger partial charge in [0.2, 0.25) is 0 Å². The zero-order valence-corrected chi connectivity index (χ0v) is 12.3. The first-order valence-electron chi connectivity index (χ1n) is 7.39. The lowest BCUT2D eigenvalue weighted by molar-refractivity contribution is 0.0881. The van der Waals surface area contributed by atoms with Crippen molar-refractivity contribution in [3.05, 3.63) is 29.8 Å². The van der Waals surface area contributed by atoms with E-state index in [1.54, 1.807) is 0 Å². The number of ether oxygens (including phenoxy) is 1. The first-order chi connectivity index (χ1) is 9.66. The van der Waals surface area contributed by atoms with Gasteiger partial charge in [0.15, 0.2) is 0 Å². The molecule has 1 aromatic carbocycles. The molecule has 0 atom stereocenters. The molecular weight excluding hydrogens is 252 g/mol. The maximum absolute atomic E-state index is 11.8. The summed E-state index contributed by atoms with van der Waals surface area (Å²) in [7, 11) is 2.16. The van der Waals surface area contributed by atoms with Gasteiger partial charge in [-0.2, -0.15) is 0 Å². The number of carbonyl (C=O) groups is 1. The second-order valence-electron chi connectivity index (χ2n) is 5.84. The Labute approximate surface area is 120 Å². The second-order valence-corrected chi connectivity index (χ2v) is 5.84. The first-order valence-corrected chi connectivity index (χ1v) is 7.39. The van der Waals surface area contributed by atoms with E-state index < -0.39 is 0 Å². The van der Waals surface area contributed by atoms with Crippen molar-refractivity contribution in [2.24, 2.45) is 0 Å². The highest BCUT2D eigenvalue weighted by atomic mass is 16.6. The van der Waals surface area contributed by atoms with E-state index in [0.717, 1.165) is 32.5 Å². The van der Waals surface area contributed by atoms with Gasteiger partial charge in [0.05, 0.1) is 6.61 Å². The number of hydrogen-bond donors (Lipinski definition) is 0. The summed E-state index contributed by atoms with van der Waals surface area (Å²) in [5, 5.41) is 0. The van der Waals surface area contributed by atoms with Gasteiger partial charge < -0.3 is 14.5 Å². The van der Waals surface area contributed by atoms with Crippen molar-refractivity contribution in [1.82, 2.24) is 4.90 Å². The fourth-order valence-electron chi connectivity index (χ4n) is 3.64. The topological polar surface area (TPSA) is 32.8 Å². The molecule has 0 aliphatic carbocycles. The van der Waals surface area contributed by atoms with E-state index in [4.69, 9.17) is 4.74 Å². The molecule has 1 spiro atoms. The Balaban J connectivity index is 1.77. The molecule has 0 unspecified atom stereocenters. The summed E-state index contributed by atoms with van der Waals surface area (Å²) < 4.78 is 5.10. The number of hydrogen-bond acceptors (Lipinski definition) is 3. The minimum absolute atomic E-state index is 0.165. The lowest BCUT2D eigenvalue weighted by Crippen LogP contribution is -2.47. The zero-order valence-electron chi connectivity index (χ0n) is 12.3. The fourth-order valence-corrected chi connectivity index (χ4v) is 3.64. The molecule has 1 saturated heterocycles. The quantitative estimate of drug-likeness (QED) is 0.789. The molecule has 4 heteroatoms. The number of rotatable bonds is 1. The van der Waals surface area contributed by atoms with Crippen LogP contribution >= 0.6 is 0 Å². The summed E-state index contributed by atoms with van der Waals surface area (Å²) in [5.41, 5.74) is 3.01. The van der Waals surface area contributed by atoms with Crippen LogP contribution in [0.3, 0.4) is 0 Å². The van der Waals surface area contributed by atoms with Crippen molar-refractivity contribution < 1.29 is 9.53 Å². The average Bonchev–Trinajstić information content (AvgIpc) is 2.74. The summed E-state index contributed by atoms with van der Waals surface area (Å²) in [6.07, 6.45) is 1.88. The summed E-state index contributed by atoms with van der Waals surface area (Å²) in [5.74, 6) is 0. The molecule has 0 aromatic heterocycles. The number of benzene rings is 1. The van der Waals surface area contributed by atoms with Gasteiger partial charge in [-0.1, -0.05) is 18.2 Å². The van der Waals surface area contributed by atoms with E-state index >= 15 is 0 Å². The molecular formula is C16H22N2O2. The van der Waals surface area contributed by atoms with Gasteiger partial charge in [-0.3, -0.25) is 0 Å². The van der Waals surface area contributed by atoms with Crippen LogP contribution in [0.15, 0.2) is 24.3 Å². The molecule has 0 N–H and O–H groups in total. The number of likely N-dealkylation sites (tertiary alicyclic amines) is 1. The number of carbonyl (C=O) groups excluding carboxylic acids is 1. The fraction of sp³-hybridized carbons (Fsp3) is 0.562. The molecule has 20 heavy (non-hydrogen) atoms. The minimum Gasteiger partial charge on any atom is -0.450 e. The molecule has 1 aromatic rings. The highest BCUT2D eigenvalue weighted by Crippen LogP contribution is 2.46. The van der Waals surface area contributed by atoms with Crippen molar-refractivity contribution in [1.29, 1.82) is 0 Å². The molecule has 108 valence electrons. The minimum atomic E-state index is -0.165. The van der Waals surface area contributed by atoms with Gasteiger partial charge in [0.25, 0.3) is 0 Å². The Morgan fingerprint density at radius 3 is 2.70 bits per heavy atom. The van der Waals surface area contributed by atoms with Crippen LogP contribution < -0.4 is 4.90 Å². The highest BCUT2D eigenvalue weighted by Gasteiger charge is 2.44. The average molecular weight is 274 g/mol. The molecule has 3 rings (SSSR count). The molecule has 1 fully saturated rings. The Morgan fingerprint density at radius 1 is 1.30 bits per heavy atom. The van der Waals surface area contributed by atoms with E-state index in [1.165, 1.54) is 11.3 Å². The molecule has 0 radical (unpaired) electrons. The molecule has 0 saturated carbocycles. The third-order valence-corrected chi connectivity index (χ3v) is 4.67. The van der Waals surface area contributed by atoms with Crippen LogP contribution in [0.5, 0.6) is 0 Å². The Hall–Kier alpha value is -1.71. The predicted octanol–water partition coefficient (Wildman–Crippen LogP) is 2.63. The van der Waals surface area contributed by atoms with Gasteiger partial charge in [-0.05, 0) is 31.4 Å². The van der Waals surface area contributed by atoms with Gasteiger partial charge >= 0.3 is 6.09 Å². The first kappa shape index (κ1) is 13.3. The van der Waals surface area contributed by atoms with Crippen LogP contribution in [0.2, 0.25) is 0 Å². The lowest BCUT2D eigenvalue weighted by Gasteiger charge is -2.39. The number of likely N-dealkylation sites (N-methyl/N-ethyl adjacent to an activating group) is 1. The van der Waals surface area contributed by atoms with Crippen LogP contribution in [0.1, 0.15) is 25.3 Å². The van der Waals surface area contributed by atoms with E-state index in [0.29, 0.717) is 6.61 Å². The SMILES string of the molecule is CCOC(=O)N1CCC2(CC1)CN(C)c1ccccc12. The van der Waals surface area contributed by atoms with Crippen molar-refractivity contribution >= 4 is 11.8 Å². The van der Waals surface area contributed by atoms with Crippen LogP contribution in [0.4, 0.5) is 10.5 Å². The van der Waals surface area contributed by atoms with Gasteiger partial charge in [0, 0.05) is 37.8 Å². The standard InChI is InChI=1S/C16H22N2O2/c1-3-20-15(19)18-10-8-16(9-11-18)12-17(2)14-7-5-4-6-13(14)16/h4-7H,3,8-12H2,1-2H3. The Bertz CT molecular complexity index is 507. The predicted molar refractivity (Wildman–Crippen MR) is 79.2 cm³/mol. The third kappa shape index (κ3) is 2.03. The van der Waals surface area contributed by atoms with Crippen molar-refractivity contribution in [2.45, 2.75) is 25.2 Å². The largest absolute Gasteiger partial charge is 0.450 e. The second kappa shape index (κ2) is 5.00. The summed E-state index contributed by atoms with van der Waals surface area (Å²) in [4.78, 5) is 16.0. The summed E-state index contributed by atoms with van der Waals surface area (Å²) in [6, 6.07) is 8.67. The highest BCUT2D eigenvalue weighted by molar-refractivity contribution is 5.68. The lowest BCUT2D eigenvalue weighted by atomic mass is 9.74.